The molecule has 0 saturated heterocycles. The summed E-state index contributed by atoms with van der Waals surface area (Å²) in [5, 5.41) is 4.70. The second-order valence-electron chi connectivity index (χ2n) is 5.73. The number of methoxy groups -OCH3 is 1. The predicted octanol–water partition coefficient (Wildman–Crippen LogP) is 3.46. The number of para-hydroxylation sites is 1. The van der Waals surface area contributed by atoms with Gasteiger partial charge in [-0.15, -0.1) is 0 Å². The maximum atomic E-state index is 6.16. The molecule has 20 heavy (non-hydrogen) atoms. The molecule has 1 aromatic heterocycles. The van der Waals surface area contributed by atoms with Crippen molar-refractivity contribution in [2.45, 2.75) is 39.5 Å². The summed E-state index contributed by atoms with van der Waals surface area (Å²) in [6.45, 7) is 8.54. The van der Waals surface area contributed by atoms with E-state index in [4.69, 9.17) is 15.6 Å². The zero-order valence-corrected chi connectivity index (χ0v) is 12.9. The number of anilines is 1. The van der Waals surface area contributed by atoms with E-state index in [1.54, 1.807) is 11.8 Å². The van der Waals surface area contributed by atoms with Crippen LogP contribution in [0.2, 0.25) is 0 Å². The number of ether oxygens (including phenoxy) is 1. The van der Waals surface area contributed by atoms with Crippen molar-refractivity contribution in [3.05, 3.63) is 35.5 Å². The van der Waals surface area contributed by atoms with E-state index in [9.17, 15) is 0 Å². The molecule has 2 N–H and O–H groups in total. The average molecular weight is 273 g/mol. The second kappa shape index (κ2) is 5.19. The van der Waals surface area contributed by atoms with Crippen molar-refractivity contribution in [3.63, 3.8) is 0 Å². The number of benzene rings is 1. The van der Waals surface area contributed by atoms with Crippen molar-refractivity contribution in [3.8, 4) is 11.4 Å². The van der Waals surface area contributed by atoms with Crippen LogP contribution in [-0.4, -0.2) is 16.9 Å². The minimum atomic E-state index is 0.00922. The minimum Gasteiger partial charge on any atom is -0.494 e. The van der Waals surface area contributed by atoms with E-state index in [1.807, 2.05) is 31.2 Å². The summed E-state index contributed by atoms with van der Waals surface area (Å²) in [6, 6.07) is 7.88. The third kappa shape index (κ3) is 2.38. The first-order valence-corrected chi connectivity index (χ1v) is 6.90. The summed E-state index contributed by atoms with van der Waals surface area (Å²) in [7, 11) is 1.66. The zero-order chi connectivity index (χ0) is 14.9. The van der Waals surface area contributed by atoms with E-state index in [0.29, 0.717) is 5.82 Å². The molecule has 2 rings (SSSR count). The number of aromatic nitrogens is 2. The highest BCUT2D eigenvalue weighted by molar-refractivity contribution is 5.56. The van der Waals surface area contributed by atoms with Crippen LogP contribution in [0.1, 0.15) is 38.4 Å². The molecular weight excluding hydrogens is 250 g/mol. The van der Waals surface area contributed by atoms with Crippen LogP contribution in [0.25, 0.3) is 5.69 Å². The number of hydrogen-bond donors (Lipinski definition) is 1. The molecule has 1 aromatic carbocycles. The first-order chi connectivity index (χ1) is 9.40. The number of rotatable bonds is 4. The lowest BCUT2D eigenvalue weighted by molar-refractivity contribution is 0.411. The van der Waals surface area contributed by atoms with Gasteiger partial charge in [-0.2, -0.15) is 5.10 Å². The van der Waals surface area contributed by atoms with Crippen molar-refractivity contribution in [1.82, 2.24) is 9.78 Å². The maximum Gasteiger partial charge on any atom is 0.144 e. The number of hydrogen-bond acceptors (Lipinski definition) is 3. The van der Waals surface area contributed by atoms with Crippen molar-refractivity contribution < 1.29 is 4.74 Å². The lowest BCUT2D eigenvalue weighted by atomic mass is 9.87. The van der Waals surface area contributed by atoms with E-state index < -0.39 is 0 Å². The molecule has 0 aliphatic carbocycles. The fourth-order valence-electron chi connectivity index (χ4n) is 2.15. The smallest absolute Gasteiger partial charge is 0.144 e. The second-order valence-corrected chi connectivity index (χ2v) is 5.73. The Hall–Kier alpha value is -1.97. The molecule has 4 nitrogen and oxygen atoms in total. The van der Waals surface area contributed by atoms with E-state index in [-0.39, 0.29) is 5.41 Å². The van der Waals surface area contributed by atoms with Crippen LogP contribution < -0.4 is 10.5 Å². The van der Waals surface area contributed by atoms with Crippen LogP contribution >= 0.6 is 0 Å². The van der Waals surface area contributed by atoms with E-state index in [2.05, 4.69) is 20.8 Å². The number of nitrogens with zero attached hydrogens (tertiary/aromatic N) is 2. The highest BCUT2D eigenvalue weighted by Crippen LogP contribution is 2.32. The monoisotopic (exact) mass is 273 g/mol. The molecule has 0 atom stereocenters. The van der Waals surface area contributed by atoms with Gasteiger partial charge in [0.15, 0.2) is 0 Å². The molecule has 0 radical (unpaired) electrons. The zero-order valence-electron chi connectivity index (χ0n) is 12.9. The highest BCUT2D eigenvalue weighted by atomic mass is 16.5. The quantitative estimate of drug-likeness (QED) is 0.928. The van der Waals surface area contributed by atoms with E-state index >= 15 is 0 Å². The topological polar surface area (TPSA) is 53.1 Å². The van der Waals surface area contributed by atoms with Crippen molar-refractivity contribution in [2.75, 3.05) is 12.8 Å². The summed E-state index contributed by atoms with van der Waals surface area (Å²) in [5.41, 5.74) is 9.17. The molecule has 1 heterocycles. The Morgan fingerprint density at radius 1 is 1.35 bits per heavy atom. The van der Waals surface area contributed by atoms with Gasteiger partial charge >= 0.3 is 0 Å². The van der Waals surface area contributed by atoms with Crippen LogP contribution in [0.15, 0.2) is 24.3 Å². The van der Waals surface area contributed by atoms with E-state index in [0.717, 1.165) is 29.1 Å². The number of aryl methyl sites for hydroxylation is 1. The summed E-state index contributed by atoms with van der Waals surface area (Å²) in [6.07, 6.45) is 1.01. The standard InChI is InChI=1S/C16H23N3O/c1-6-16(3,4)13-10-14(17)19(18-13)15-11(2)8-7-9-12(15)20-5/h7-10H,6,17H2,1-5H3. The number of nitrogens with two attached hydrogens (primary N) is 1. The summed E-state index contributed by atoms with van der Waals surface area (Å²) < 4.78 is 7.22. The van der Waals surface area contributed by atoms with Crippen LogP contribution in [0.3, 0.4) is 0 Å². The first-order valence-electron chi connectivity index (χ1n) is 6.90. The van der Waals surface area contributed by atoms with Gasteiger partial charge in [0.05, 0.1) is 12.8 Å². The fourth-order valence-corrected chi connectivity index (χ4v) is 2.15. The van der Waals surface area contributed by atoms with Crippen LogP contribution in [-0.2, 0) is 5.41 Å². The molecule has 0 aliphatic rings. The lowest BCUT2D eigenvalue weighted by Gasteiger charge is -2.19. The number of nitrogen functional groups attached to an aromatic ring is 1. The summed E-state index contributed by atoms with van der Waals surface area (Å²) >= 11 is 0. The Morgan fingerprint density at radius 3 is 2.65 bits per heavy atom. The van der Waals surface area contributed by atoms with Gasteiger partial charge in [0.2, 0.25) is 0 Å². The van der Waals surface area contributed by atoms with Gasteiger partial charge in [-0.3, -0.25) is 0 Å². The maximum absolute atomic E-state index is 6.16. The largest absolute Gasteiger partial charge is 0.494 e. The lowest BCUT2D eigenvalue weighted by Crippen LogP contribution is -2.16. The minimum absolute atomic E-state index is 0.00922. The van der Waals surface area contributed by atoms with Crippen LogP contribution in [0.5, 0.6) is 5.75 Å². The third-order valence-corrected chi connectivity index (χ3v) is 3.95. The Kier molecular flexibility index (Phi) is 3.75. The summed E-state index contributed by atoms with van der Waals surface area (Å²) in [4.78, 5) is 0. The van der Waals surface area contributed by atoms with Gasteiger partial charge < -0.3 is 10.5 Å². The molecule has 108 valence electrons. The fraction of sp³-hybridized carbons (Fsp3) is 0.438. The van der Waals surface area contributed by atoms with Gasteiger partial charge in [0.25, 0.3) is 0 Å². The highest BCUT2D eigenvalue weighted by Gasteiger charge is 2.24. The molecule has 2 aromatic rings. The molecule has 0 unspecified atom stereocenters. The molecule has 0 aliphatic heterocycles. The van der Waals surface area contributed by atoms with Gasteiger partial charge in [0.1, 0.15) is 17.3 Å². The first kappa shape index (κ1) is 14.4. The third-order valence-electron chi connectivity index (χ3n) is 3.95. The average Bonchev–Trinajstić information content (AvgIpc) is 2.81. The van der Waals surface area contributed by atoms with Crippen molar-refractivity contribution in [1.29, 1.82) is 0 Å². The molecule has 0 fully saturated rings. The van der Waals surface area contributed by atoms with Gasteiger partial charge in [0, 0.05) is 11.5 Å². The summed E-state index contributed by atoms with van der Waals surface area (Å²) in [5.74, 6) is 1.41. The van der Waals surface area contributed by atoms with Crippen LogP contribution in [0, 0.1) is 6.92 Å². The Labute approximate surface area is 120 Å². The van der Waals surface area contributed by atoms with Gasteiger partial charge in [-0.25, -0.2) is 4.68 Å². The Bertz CT molecular complexity index is 614. The molecule has 0 amide bonds. The van der Waals surface area contributed by atoms with Crippen LogP contribution in [0.4, 0.5) is 5.82 Å². The normalized spacial score (nSPS) is 11.7. The molecule has 0 spiro atoms. The van der Waals surface area contributed by atoms with Gasteiger partial charge in [-0.1, -0.05) is 32.9 Å². The van der Waals surface area contributed by atoms with E-state index in [1.165, 1.54) is 0 Å². The van der Waals surface area contributed by atoms with Crippen molar-refractivity contribution in [2.24, 2.45) is 0 Å². The molecular formula is C16H23N3O. The predicted molar refractivity (Wildman–Crippen MR) is 82.6 cm³/mol. The molecule has 0 bridgehead atoms. The Morgan fingerprint density at radius 2 is 2.05 bits per heavy atom. The molecule has 0 saturated carbocycles. The van der Waals surface area contributed by atoms with Gasteiger partial charge in [-0.05, 0) is 25.0 Å². The van der Waals surface area contributed by atoms with Crippen molar-refractivity contribution >= 4 is 5.82 Å². The SMILES string of the molecule is CCC(C)(C)c1cc(N)n(-c2c(C)cccc2OC)n1. The Balaban J connectivity index is 2.60. The molecule has 4 heteroatoms.